The van der Waals surface area contributed by atoms with Crippen molar-refractivity contribution < 1.29 is 22.7 Å². The van der Waals surface area contributed by atoms with Gasteiger partial charge >= 0.3 is 6.36 Å². The number of carbonyl (C=O) groups is 1. The van der Waals surface area contributed by atoms with E-state index in [1.807, 2.05) is 20.8 Å². The molecule has 1 amide bonds. The second kappa shape index (κ2) is 6.63. The number of carbonyl (C=O) groups excluding carboxylic acids is 1. The molecule has 7 heteroatoms. The lowest BCUT2D eigenvalue weighted by molar-refractivity contribution is -0.274. The zero-order valence-corrected chi connectivity index (χ0v) is 14.0. The molecule has 3 atom stereocenters. The number of amides is 1. The van der Waals surface area contributed by atoms with Gasteiger partial charge in [-0.15, -0.1) is 13.2 Å². The number of alkyl halides is 3. The van der Waals surface area contributed by atoms with Crippen LogP contribution in [0.3, 0.4) is 0 Å². The zero-order valence-electron chi connectivity index (χ0n) is 14.0. The molecule has 0 saturated heterocycles. The summed E-state index contributed by atoms with van der Waals surface area (Å²) in [5.74, 6) is -0.894. The molecule has 1 aromatic rings. The Labute approximate surface area is 139 Å². The van der Waals surface area contributed by atoms with Gasteiger partial charge in [-0.1, -0.05) is 32.0 Å². The molecule has 1 aliphatic rings. The van der Waals surface area contributed by atoms with Gasteiger partial charge in [-0.3, -0.25) is 4.79 Å². The number of rotatable bonds is 6. The molecule has 24 heavy (non-hydrogen) atoms. The fourth-order valence-electron chi connectivity index (χ4n) is 2.64. The van der Waals surface area contributed by atoms with Crippen molar-refractivity contribution in [3.05, 3.63) is 29.8 Å². The Bertz CT molecular complexity index is 604. The third-order valence-electron chi connectivity index (χ3n) is 4.78. The van der Waals surface area contributed by atoms with Crippen LogP contribution in [0.2, 0.25) is 0 Å². The van der Waals surface area contributed by atoms with Crippen molar-refractivity contribution in [3.63, 3.8) is 0 Å². The van der Waals surface area contributed by atoms with Gasteiger partial charge in [-0.25, -0.2) is 0 Å². The first kappa shape index (κ1) is 18.6. The fraction of sp³-hybridized carbons (Fsp3) is 0.588. The van der Waals surface area contributed by atoms with Crippen LogP contribution in [0.4, 0.5) is 13.2 Å². The first-order chi connectivity index (χ1) is 11.1. The van der Waals surface area contributed by atoms with Crippen LogP contribution in [-0.2, 0) is 4.79 Å². The summed E-state index contributed by atoms with van der Waals surface area (Å²) in [5, 5.41) is 2.94. The number of benzene rings is 1. The Morgan fingerprint density at radius 1 is 1.38 bits per heavy atom. The highest BCUT2D eigenvalue weighted by atomic mass is 19.4. The number of nitrogens with two attached hydrogens (primary N) is 1. The standard InChI is InChI=1S/C17H23F3N2O2/c1-10(2)16(3,9-21)22-15(23)13-8-12(13)11-6-4-5-7-14(11)24-17(18,19)20/h4-7,10,12-13H,8-9,21H2,1-3H3,(H,22,23). The molecule has 1 aliphatic carbocycles. The molecule has 3 unspecified atom stereocenters. The number of halogens is 3. The summed E-state index contributed by atoms with van der Waals surface area (Å²) in [5.41, 5.74) is 5.63. The first-order valence-electron chi connectivity index (χ1n) is 7.94. The van der Waals surface area contributed by atoms with Crippen molar-refractivity contribution in [3.8, 4) is 5.75 Å². The Balaban J connectivity index is 2.09. The summed E-state index contributed by atoms with van der Waals surface area (Å²) in [6.07, 6.45) is -4.25. The average molecular weight is 344 g/mol. The van der Waals surface area contributed by atoms with Crippen LogP contribution in [-0.4, -0.2) is 24.4 Å². The van der Waals surface area contributed by atoms with E-state index in [1.165, 1.54) is 12.1 Å². The summed E-state index contributed by atoms with van der Waals surface area (Å²) in [7, 11) is 0. The maximum absolute atomic E-state index is 12.5. The molecule has 0 radical (unpaired) electrons. The minimum atomic E-state index is -4.75. The SMILES string of the molecule is CC(C)C(C)(CN)NC(=O)C1CC1c1ccccc1OC(F)(F)F. The molecule has 1 saturated carbocycles. The molecular weight excluding hydrogens is 321 g/mol. The molecule has 134 valence electrons. The summed E-state index contributed by atoms with van der Waals surface area (Å²) in [6.45, 7) is 6.09. The molecule has 0 spiro atoms. The minimum Gasteiger partial charge on any atom is -0.405 e. The maximum atomic E-state index is 12.5. The molecule has 0 heterocycles. The van der Waals surface area contributed by atoms with Gasteiger partial charge in [0.05, 0.1) is 5.54 Å². The van der Waals surface area contributed by atoms with Crippen LogP contribution in [0, 0.1) is 11.8 Å². The highest BCUT2D eigenvalue weighted by molar-refractivity contribution is 5.83. The van der Waals surface area contributed by atoms with E-state index in [9.17, 15) is 18.0 Å². The second-order valence-corrected chi connectivity index (χ2v) is 6.80. The van der Waals surface area contributed by atoms with E-state index in [4.69, 9.17) is 5.73 Å². The smallest absolute Gasteiger partial charge is 0.405 e. The number of para-hydroxylation sites is 1. The monoisotopic (exact) mass is 344 g/mol. The van der Waals surface area contributed by atoms with Crippen molar-refractivity contribution in [2.45, 2.75) is 45.0 Å². The van der Waals surface area contributed by atoms with E-state index < -0.39 is 11.9 Å². The van der Waals surface area contributed by atoms with Crippen LogP contribution < -0.4 is 15.8 Å². The van der Waals surface area contributed by atoms with Crippen LogP contribution in [0.1, 0.15) is 38.7 Å². The molecule has 3 N–H and O–H groups in total. The fourth-order valence-corrected chi connectivity index (χ4v) is 2.64. The van der Waals surface area contributed by atoms with Gasteiger partial charge < -0.3 is 15.8 Å². The molecule has 0 aliphatic heterocycles. The van der Waals surface area contributed by atoms with E-state index in [0.717, 1.165) is 0 Å². The first-order valence-corrected chi connectivity index (χ1v) is 7.94. The van der Waals surface area contributed by atoms with Gasteiger partial charge in [0.2, 0.25) is 5.91 Å². The number of hydrogen-bond donors (Lipinski definition) is 2. The lowest BCUT2D eigenvalue weighted by Gasteiger charge is -2.33. The van der Waals surface area contributed by atoms with Crippen LogP contribution in [0.15, 0.2) is 24.3 Å². The number of hydrogen-bond acceptors (Lipinski definition) is 3. The molecule has 0 aromatic heterocycles. The number of nitrogens with one attached hydrogen (secondary N) is 1. The Hall–Kier alpha value is -1.76. The topological polar surface area (TPSA) is 64.3 Å². The van der Waals surface area contributed by atoms with Gasteiger partial charge in [-0.05, 0) is 36.8 Å². The minimum absolute atomic E-state index is 0.143. The molecule has 2 rings (SSSR count). The molecular formula is C17H23F3N2O2. The van der Waals surface area contributed by atoms with Gasteiger partial charge in [0.15, 0.2) is 0 Å². The van der Waals surface area contributed by atoms with Crippen molar-refractivity contribution >= 4 is 5.91 Å². The highest BCUT2D eigenvalue weighted by Crippen LogP contribution is 2.51. The zero-order chi connectivity index (χ0) is 18.1. The normalized spacial score (nSPS) is 22.8. The van der Waals surface area contributed by atoms with E-state index in [-0.39, 0.29) is 29.4 Å². The van der Waals surface area contributed by atoms with E-state index in [0.29, 0.717) is 18.5 Å². The summed E-state index contributed by atoms with van der Waals surface area (Å²) in [6, 6.07) is 5.97. The van der Waals surface area contributed by atoms with E-state index >= 15 is 0 Å². The van der Waals surface area contributed by atoms with Crippen LogP contribution in [0.25, 0.3) is 0 Å². The van der Waals surface area contributed by atoms with Crippen molar-refractivity contribution in [1.82, 2.24) is 5.32 Å². The second-order valence-electron chi connectivity index (χ2n) is 6.80. The Morgan fingerprint density at radius 2 is 2.00 bits per heavy atom. The summed E-state index contributed by atoms with van der Waals surface area (Å²) >= 11 is 0. The average Bonchev–Trinajstić information content (AvgIpc) is 3.26. The number of ether oxygens (including phenoxy) is 1. The van der Waals surface area contributed by atoms with Gasteiger partial charge in [-0.2, -0.15) is 0 Å². The van der Waals surface area contributed by atoms with Crippen molar-refractivity contribution in [2.75, 3.05) is 6.54 Å². The van der Waals surface area contributed by atoms with Crippen molar-refractivity contribution in [2.24, 2.45) is 17.6 Å². The largest absolute Gasteiger partial charge is 0.573 e. The van der Waals surface area contributed by atoms with Gasteiger partial charge in [0, 0.05) is 12.5 Å². The lowest BCUT2D eigenvalue weighted by atomic mass is 9.88. The predicted octanol–water partition coefficient (Wildman–Crippen LogP) is 3.18. The summed E-state index contributed by atoms with van der Waals surface area (Å²) < 4.78 is 41.6. The van der Waals surface area contributed by atoms with Gasteiger partial charge in [0.25, 0.3) is 0 Å². The predicted molar refractivity (Wildman–Crippen MR) is 84.4 cm³/mol. The maximum Gasteiger partial charge on any atom is 0.573 e. The van der Waals surface area contributed by atoms with E-state index in [2.05, 4.69) is 10.1 Å². The van der Waals surface area contributed by atoms with Crippen LogP contribution in [0.5, 0.6) is 5.75 Å². The molecule has 4 nitrogen and oxygen atoms in total. The quantitative estimate of drug-likeness (QED) is 0.833. The van der Waals surface area contributed by atoms with Crippen LogP contribution >= 0.6 is 0 Å². The van der Waals surface area contributed by atoms with E-state index in [1.54, 1.807) is 12.1 Å². The lowest BCUT2D eigenvalue weighted by Crippen LogP contribution is -2.55. The molecule has 1 fully saturated rings. The Kier molecular flexibility index (Phi) is 5.13. The Morgan fingerprint density at radius 3 is 2.54 bits per heavy atom. The molecule has 1 aromatic carbocycles. The third-order valence-corrected chi connectivity index (χ3v) is 4.78. The van der Waals surface area contributed by atoms with Gasteiger partial charge in [0.1, 0.15) is 5.75 Å². The highest BCUT2D eigenvalue weighted by Gasteiger charge is 2.47. The van der Waals surface area contributed by atoms with Crippen molar-refractivity contribution in [1.29, 1.82) is 0 Å². The molecule has 0 bridgehead atoms. The summed E-state index contributed by atoms with van der Waals surface area (Å²) in [4.78, 5) is 12.4. The third kappa shape index (κ3) is 4.20.